The van der Waals surface area contributed by atoms with E-state index in [1.54, 1.807) is 0 Å². The largest absolute Gasteiger partial charge is 0.460 e. The molecule has 0 radical (unpaired) electrons. The molecule has 1 N–H and O–H groups in total. The van der Waals surface area contributed by atoms with Crippen molar-refractivity contribution in [1.82, 2.24) is 5.32 Å². The zero-order valence-corrected chi connectivity index (χ0v) is 13.8. The van der Waals surface area contributed by atoms with E-state index in [0.717, 1.165) is 47.7 Å². The highest BCUT2D eigenvalue weighted by Crippen LogP contribution is 2.27. The van der Waals surface area contributed by atoms with Gasteiger partial charge in [0, 0.05) is 23.2 Å². The van der Waals surface area contributed by atoms with Gasteiger partial charge in [0.05, 0.1) is 12.6 Å². The lowest BCUT2D eigenvalue weighted by Gasteiger charge is -2.09. The van der Waals surface area contributed by atoms with E-state index in [9.17, 15) is 0 Å². The maximum Gasteiger partial charge on any atom is 0.134 e. The Labute approximate surface area is 133 Å². The summed E-state index contributed by atoms with van der Waals surface area (Å²) in [6, 6.07) is 10.3. The van der Waals surface area contributed by atoms with Crippen LogP contribution in [0, 0.1) is 6.92 Å². The Balaban J connectivity index is 1.60. The fourth-order valence-electron chi connectivity index (χ4n) is 2.68. The van der Waals surface area contributed by atoms with Gasteiger partial charge in [0.1, 0.15) is 11.5 Å². The first-order valence-corrected chi connectivity index (χ1v) is 8.19. The molecule has 0 saturated carbocycles. The monoisotopic (exact) mass is 349 g/mol. The Morgan fingerprint density at radius 3 is 2.95 bits per heavy atom. The molecule has 0 spiro atoms. The number of hydrogen-bond donors (Lipinski definition) is 1. The van der Waals surface area contributed by atoms with Gasteiger partial charge in [0.15, 0.2) is 0 Å². The minimum absolute atomic E-state index is 0.369. The highest BCUT2D eigenvalue weighted by atomic mass is 79.9. The Hall–Kier alpha value is -1.10. The van der Waals surface area contributed by atoms with E-state index >= 15 is 0 Å². The van der Waals surface area contributed by atoms with E-state index in [1.165, 1.54) is 12.0 Å². The Bertz CT molecular complexity index is 603. The fraction of sp³-hybridized carbons (Fsp3) is 0.412. The quantitative estimate of drug-likeness (QED) is 0.874. The van der Waals surface area contributed by atoms with Crippen LogP contribution in [-0.2, 0) is 11.3 Å². The van der Waals surface area contributed by atoms with Gasteiger partial charge in [-0.15, -0.1) is 0 Å². The molecule has 1 aromatic heterocycles. The summed E-state index contributed by atoms with van der Waals surface area (Å²) < 4.78 is 12.6. The van der Waals surface area contributed by atoms with Crippen molar-refractivity contribution in [3.63, 3.8) is 0 Å². The van der Waals surface area contributed by atoms with Gasteiger partial charge >= 0.3 is 0 Å². The van der Waals surface area contributed by atoms with Crippen molar-refractivity contribution in [2.45, 2.75) is 32.4 Å². The molecule has 1 aliphatic heterocycles. The van der Waals surface area contributed by atoms with Crippen LogP contribution in [0.4, 0.5) is 0 Å². The van der Waals surface area contributed by atoms with Gasteiger partial charge in [-0.05, 0) is 55.7 Å². The second-order valence-electron chi connectivity index (χ2n) is 5.49. The minimum atomic E-state index is 0.369. The van der Waals surface area contributed by atoms with Crippen LogP contribution in [0.25, 0.3) is 11.3 Å². The van der Waals surface area contributed by atoms with Gasteiger partial charge in [-0.25, -0.2) is 0 Å². The van der Waals surface area contributed by atoms with Crippen molar-refractivity contribution >= 4 is 15.9 Å². The summed E-state index contributed by atoms with van der Waals surface area (Å²) in [5, 5.41) is 3.41. The number of benzene rings is 1. The van der Waals surface area contributed by atoms with Crippen LogP contribution < -0.4 is 5.32 Å². The summed E-state index contributed by atoms with van der Waals surface area (Å²) in [6.07, 6.45) is 2.71. The maximum absolute atomic E-state index is 5.94. The number of nitrogens with one attached hydrogen (secondary N) is 1. The van der Waals surface area contributed by atoms with Crippen molar-refractivity contribution in [2.24, 2.45) is 0 Å². The summed E-state index contributed by atoms with van der Waals surface area (Å²) in [4.78, 5) is 0. The van der Waals surface area contributed by atoms with E-state index in [1.807, 2.05) is 18.2 Å². The SMILES string of the molecule is Cc1cc(Br)ccc1-c1ccc(CNCC2CCCO2)o1. The van der Waals surface area contributed by atoms with Gasteiger partial charge < -0.3 is 14.5 Å². The summed E-state index contributed by atoms with van der Waals surface area (Å²) >= 11 is 3.49. The van der Waals surface area contributed by atoms with Crippen LogP contribution in [0.15, 0.2) is 39.2 Å². The van der Waals surface area contributed by atoms with E-state index in [-0.39, 0.29) is 0 Å². The molecule has 1 aliphatic rings. The van der Waals surface area contributed by atoms with Gasteiger partial charge in [-0.3, -0.25) is 0 Å². The number of furan rings is 1. The number of hydrogen-bond acceptors (Lipinski definition) is 3. The number of aryl methyl sites for hydroxylation is 1. The van der Waals surface area contributed by atoms with Crippen molar-refractivity contribution in [3.8, 4) is 11.3 Å². The Kier molecular flexibility index (Phi) is 4.78. The standard InChI is InChI=1S/C17H20BrNO2/c1-12-9-13(18)4-6-16(12)17-7-5-15(21-17)11-19-10-14-3-2-8-20-14/h4-7,9,14,19H,2-3,8,10-11H2,1H3. The van der Waals surface area contributed by atoms with Crippen LogP contribution in [-0.4, -0.2) is 19.3 Å². The Morgan fingerprint density at radius 2 is 2.19 bits per heavy atom. The number of halogens is 1. The predicted octanol–water partition coefficient (Wildman–Crippen LogP) is 4.29. The maximum atomic E-state index is 5.94. The molecule has 0 amide bonds. The molecule has 2 heterocycles. The van der Waals surface area contributed by atoms with Crippen molar-refractivity contribution < 1.29 is 9.15 Å². The first kappa shape index (κ1) is 14.8. The minimum Gasteiger partial charge on any atom is -0.460 e. The molecule has 112 valence electrons. The summed E-state index contributed by atoms with van der Waals surface area (Å²) in [7, 11) is 0. The predicted molar refractivity (Wildman–Crippen MR) is 87.3 cm³/mol. The molecule has 0 bridgehead atoms. The van der Waals surface area contributed by atoms with Gasteiger partial charge in [0.2, 0.25) is 0 Å². The van der Waals surface area contributed by atoms with E-state index in [4.69, 9.17) is 9.15 Å². The second kappa shape index (κ2) is 6.77. The first-order valence-electron chi connectivity index (χ1n) is 7.40. The highest BCUT2D eigenvalue weighted by Gasteiger charge is 2.15. The van der Waals surface area contributed by atoms with Gasteiger partial charge in [-0.2, -0.15) is 0 Å². The summed E-state index contributed by atoms with van der Waals surface area (Å²) in [6.45, 7) is 4.64. The van der Waals surface area contributed by atoms with E-state index in [0.29, 0.717) is 6.10 Å². The molecule has 21 heavy (non-hydrogen) atoms. The number of rotatable bonds is 5. The van der Waals surface area contributed by atoms with Crippen LogP contribution in [0.5, 0.6) is 0 Å². The third-order valence-corrected chi connectivity index (χ3v) is 4.30. The lowest BCUT2D eigenvalue weighted by atomic mass is 10.1. The van der Waals surface area contributed by atoms with Crippen molar-refractivity contribution in [3.05, 3.63) is 46.1 Å². The number of ether oxygens (including phenoxy) is 1. The topological polar surface area (TPSA) is 34.4 Å². The molecule has 1 saturated heterocycles. The Morgan fingerprint density at radius 1 is 1.29 bits per heavy atom. The van der Waals surface area contributed by atoms with Gasteiger partial charge in [-0.1, -0.05) is 15.9 Å². The molecular formula is C17H20BrNO2. The third kappa shape index (κ3) is 3.76. The lowest BCUT2D eigenvalue weighted by molar-refractivity contribution is 0.109. The van der Waals surface area contributed by atoms with E-state index in [2.05, 4.69) is 40.3 Å². The molecule has 1 unspecified atom stereocenters. The molecule has 4 heteroatoms. The normalized spacial score (nSPS) is 18.3. The average molecular weight is 350 g/mol. The molecule has 0 aliphatic carbocycles. The highest BCUT2D eigenvalue weighted by molar-refractivity contribution is 9.10. The second-order valence-corrected chi connectivity index (χ2v) is 6.41. The van der Waals surface area contributed by atoms with Crippen LogP contribution in [0.2, 0.25) is 0 Å². The van der Waals surface area contributed by atoms with Crippen molar-refractivity contribution in [1.29, 1.82) is 0 Å². The van der Waals surface area contributed by atoms with Crippen LogP contribution >= 0.6 is 15.9 Å². The molecule has 1 atom stereocenters. The van der Waals surface area contributed by atoms with Gasteiger partial charge in [0.25, 0.3) is 0 Å². The summed E-state index contributed by atoms with van der Waals surface area (Å²) in [5.41, 5.74) is 2.35. The smallest absolute Gasteiger partial charge is 0.134 e. The average Bonchev–Trinajstić information content (AvgIpc) is 3.10. The molecule has 3 nitrogen and oxygen atoms in total. The molecule has 2 aromatic rings. The van der Waals surface area contributed by atoms with Crippen molar-refractivity contribution in [2.75, 3.05) is 13.2 Å². The summed E-state index contributed by atoms with van der Waals surface area (Å²) in [5.74, 6) is 1.89. The third-order valence-electron chi connectivity index (χ3n) is 3.81. The first-order chi connectivity index (χ1) is 10.2. The molecular weight excluding hydrogens is 330 g/mol. The van der Waals surface area contributed by atoms with Crippen LogP contribution in [0.1, 0.15) is 24.2 Å². The zero-order chi connectivity index (χ0) is 14.7. The van der Waals surface area contributed by atoms with E-state index < -0.39 is 0 Å². The fourth-order valence-corrected chi connectivity index (χ4v) is 3.16. The van der Waals surface area contributed by atoms with Crippen LogP contribution in [0.3, 0.4) is 0 Å². The zero-order valence-electron chi connectivity index (χ0n) is 12.2. The molecule has 1 aromatic carbocycles. The molecule has 1 fully saturated rings. The lowest BCUT2D eigenvalue weighted by Crippen LogP contribution is -2.25. The molecule has 3 rings (SSSR count).